The number of aryl methyl sites for hydroxylation is 1. The highest BCUT2D eigenvalue weighted by atomic mass is 32.2. The summed E-state index contributed by atoms with van der Waals surface area (Å²) in [6, 6.07) is 0.640. The highest BCUT2D eigenvalue weighted by Crippen LogP contribution is 2.20. The lowest BCUT2D eigenvalue weighted by Gasteiger charge is -2.08. The monoisotopic (exact) mass is 316 g/mol. The van der Waals surface area contributed by atoms with Crippen LogP contribution < -0.4 is 10.0 Å². The van der Waals surface area contributed by atoms with Crippen molar-refractivity contribution in [2.75, 3.05) is 26.8 Å². The van der Waals surface area contributed by atoms with Gasteiger partial charge in [0.1, 0.15) is 4.90 Å². The Morgan fingerprint density at radius 1 is 1.33 bits per heavy atom. The third-order valence-corrected chi connectivity index (χ3v) is 5.23. The molecule has 1 fully saturated rings. The van der Waals surface area contributed by atoms with Crippen LogP contribution in [0.2, 0.25) is 0 Å². The van der Waals surface area contributed by atoms with E-state index >= 15 is 0 Å². The fraction of sp³-hybridized carbons (Fsp3) is 0.769. The summed E-state index contributed by atoms with van der Waals surface area (Å²) in [5.74, 6) is 0. The summed E-state index contributed by atoms with van der Waals surface area (Å²) < 4.78 is 33.8. The third-order valence-electron chi connectivity index (χ3n) is 3.52. The van der Waals surface area contributed by atoms with Crippen LogP contribution in [0, 0.1) is 13.8 Å². The topological polar surface area (TPSA) is 85.2 Å². The van der Waals surface area contributed by atoms with Crippen LogP contribution in [0.15, 0.2) is 4.90 Å². The van der Waals surface area contributed by atoms with E-state index in [1.165, 1.54) is 20.0 Å². The van der Waals surface area contributed by atoms with Crippen molar-refractivity contribution in [3.05, 3.63) is 11.4 Å². The maximum atomic E-state index is 12.3. The molecule has 1 heterocycles. The number of hydrogen-bond donors (Lipinski definition) is 2. The molecule has 1 aromatic rings. The quantitative estimate of drug-likeness (QED) is 0.635. The molecule has 0 atom stereocenters. The lowest BCUT2D eigenvalue weighted by Crippen LogP contribution is -2.28. The largest absolute Gasteiger partial charge is 0.383 e. The van der Waals surface area contributed by atoms with E-state index in [4.69, 9.17) is 4.74 Å². The Balaban J connectivity index is 2.05. The molecular weight excluding hydrogens is 292 g/mol. The molecule has 1 aromatic heterocycles. The van der Waals surface area contributed by atoms with Crippen molar-refractivity contribution >= 4 is 10.0 Å². The van der Waals surface area contributed by atoms with Crippen LogP contribution in [0.1, 0.15) is 24.2 Å². The maximum Gasteiger partial charge on any atom is 0.244 e. The highest BCUT2D eigenvalue weighted by molar-refractivity contribution is 7.89. The summed E-state index contributed by atoms with van der Waals surface area (Å²) in [6.45, 7) is 5.60. The summed E-state index contributed by atoms with van der Waals surface area (Å²) >= 11 is 0. The summed E-state index contributed by atoms with van der Waals surface area (Å²) in [5, 5.41) is 7.75. The van der Waals surface area contributed by atoms with E-state index in [1.807, 2.05) is 0 Å². The van der Waals surface area contributed by atoms with Crippen LogP contribution in [0.4, 0.5) is 0 Å². The Morgan fingerprint density at radius 2 is 2.05 bits per heavy atom. The van der Waals surface area contributed by atoms with Crippen molar-refractivity contribution in [2.24, 2.45) is 0 Å². The van der Waals surface area contributed by atoms with Crippen LogP contribution >= 0.6 is 0 Å². The van der Waals surface area contributed by atoms with Crippen molar-refractivity contribution in [3.8, 4) is 0 Å². The van der Waals surface area contributed by atoms with Crippen molar-refractivity contribution in [1.82, 2.24) is 19.8 Å². The van der Waals surface area contributed by atoms with Crippen LogP contribution in [0.5, 0.6) is 0 Å². The van der Waals surface area contributed by atoms with Gasteiger partial charge in [-0.1, -0.05) is 0 Å². The average Bonchev–Trinajstić information content (AvgIpc) is 3.16. The minimum Gasteiger partial charge on any atom is -0.383 e. The van der Waals surface area contributed by atoms with Crippen molar-refractivity contribution in [1.29, 1.82) is 0 Å². The number of ether oxygens (including phenoxy) is 1. The molecule has 1 aliphatic rings. The SMILES string of the molecule is COCCNS(=O)(=O)c1c(C)nn(CCNC2CC2)c1C. The zero-order chi connectivity index (χ0) is 15.5. The van der Waals surface area contributed by atoms with Crippen LogP contribution in [0.3, 0.4) is 0 Å². The van der Waals surface area contributed by atoms with Crippen LogP contribution in [0.25, 0.3) is 0 Å². The van der Waals surface area contributed by atoms with Gasteiger partial charge in [0.25, 0.3) is 0 Å². The second kappa shape index (κ2) is 6.87. The smallest absolute Gasteiger partial charge is 0.244 e. The van der Waals surface area contributed by atoms with Gasteiger partial charge in [-0.25, -0.2) is 13.1 Å². The molecule has 8 heteroatoms. The number of rotatable bonds is 9. The van der Waals surface area contributed by atoms with E-state index < -0.39 is 10.0 Å². The fourth-order valence-electron chi connectivity index (χ4n) is 2.30. The molecule has 21 heavy (non-hydrogen) atoms. The number of nitrogens with one attached hydrogen (secondary N) is 2. The maximum absolute atomic E-state index is 12.3. The second-order valence-electron chi connectivity index (χ2n) is 5.34. The third kappa shape index (κ3) is 4.26. The summed E-state index contributed by atoms with van der Waals surface area (Å²) in [6.07, 6.45) is 2.47. The lowest BCUT2D eigenvalue weighted by atomic mass is 10.4. The summed E-state index contributed by atoms with van der Waals surface area (Å²) in [4.78, 5) is 0.282. The highest BCUT2D eigenvalue weighted by Gasteiger charge is 2.24. The minimum atomic E-state index is -3.54. The number of hydrogen-bond acceptors (Lipinski definition) is 5. The van der Waals surface area contributed by atoms with Gasteiger partial charge >= 0.3 is 0 Å². The van der Waals surface area contributed by atoms with Gasteiger partial charge in [0, 0.05) is 26.2 Å². The predicted molar refractivity (Wildman–Crippen MR) is 79.8 cm³/mol. The standard InChI is InChI=1S/C13H24N4O3S/c1-10-13(21(18,19)15-7-9-20-3)11(2)17(16-10)8-6-14-12-4-5-12/h12,14-15H,4-9H2,1-3H3. The minimum absolute atomic E-state index is 0.256. The van der Waals surface area contributed by atoms with E-state index in [9.17, 15) is 8.42 Å². The number of methoxy groups -OCH3 is 1. The first-order valence-electron chi connectivity index (χ1n) is 7.21. The molecule has 0 amide bonds. The Kier molecular flexibility index (Phi) is 5.37. The first kappa shape index (κ1) is 16.4. The summed E-state index contributed by atoms with van der Waals surface area (Å²) in [7, 11) is -2.00. The van der Waals surface area contributed by atoms with Gasteiger partial charge in [0.2, 0.25) is 10.0 Å². The van der Waals surface area contributed by atoms with E-state index in [2.05, 4.69) is 15.1 Å². The molecule has 2 N–H and O–H groups in total. The second-order valence-corrected chi connectivity index (χ2v) is 7.05. The molecule has 0 saturated heterocycles. The number of nitrogens with zero attached hydrogens (tertiary/aromatic N) is 2. The molecule has 120 valence electrons. The molecule has 0 radical (unpaired) electrons. The molecule has 0 spiro atoms. The summed E-state index contributed by atoms with van der Waals surface area (Å²) in [5.41, 5.74) is 1.21. The molecule has 7 nitrogen and oxygen atoms in total. The van der Waals surface area contributed by atoms with Crippen LogP contribution in [-0.4, -0.2) is 51.0 Å². The van der Waals surface area contributed by atoms with E-state index in [1.54, 1.807) is 18.5 Å². The first-order valence-corrected chi connectivity index (χ1v) is 8.70. The normalized spacial score (nSPS) is 15.6. The number of sulfonamides is 1. The average molecular weight is 316 g/mol. The molecule has 0 aromatic carbocycles. The van der Waals surface area contributed by atoms with Crippen molar-refractivity contribution < 1.29 is 13.2 Å². The van der Waals surface area contributed by atoms with Gasteiger partial charge in [-0.3, -0.25) is 4.68 Å². The van der Waals surface area contributed by atoms with Crippen molar-refractivity contribution in [3.63, 3.8) is 0 Å². The van der Waals surface area contributed by atoms with Crippen molar-refractivity contribution in [2.45, 2.75) is 44.2 Å². The zero-order valence-corrected chi connectivity index (χ0v) is 13.7. The predicted octanol–water partition coefficient (Wildman–Crippen LogP) is 0.177. The van der Waals surface area contributed by atoms with Gasteiger partial charge in [-0.05, 0) is 26.7 Å². The van der Waals surface area contributed by atoms with Gasteiger partial charge in [-0.15, -0.1) is 0 Å². The molecule has 0 bridgehead atoms. The molecule has 0 unspecified atom stereocenters. The molecule has 1 saturated carbocycles. The molecule has 0 aliphatic heterocycles. The molecule has 2 rings (SSSR count). The van der Waals surface area contributed by atoms with E-state index in [0.29, 0.717) is 30.6 Å². The van der Waals surface area contributed by atoms with Gasteiger partial charge in [-0.2, -0.15) is 5.10 Å². The number of aromatic nitrogens is 2. The Bertz CT molecular complexity index is 578. The van der Waals surface area contributed by atoms with Gasteiger partial charge in [0.05, 0.1) is 24.5 Å². The van der Waals surface area contributed by atoms with E-state index in [-0.39, 0.29) is 11.4 Å². The molecule has 1 aliphatic carbocycles. The molecular formula is C13H24N4O3S. The first-order chi connectivity index (χ1) is 9.95. The van der Waals surface area contributed by atoms with Gasteiger partial charge < -0.3 is 10.1 Å². The Hall–Kier alpha value is -0.960. The van der Waals surface area contributed by atoms with Crippen LogP contribution in [-0.2, 0) is 21.3 Å². The Labute approximate surface area is 126 Å². The Morgan fingerprint density at radius 3 is 2.67 bits per heavy atom. The van der Waals surface area contributed by atoms with Gasteiger partial charge in [0.15, 0.2) is 0 Å². The van der Waals surface area contributed by atoms with E-state index in [0.717, 1.165) is 6.54 Å². The zero-order valence-electron chi connectivity index (χ0n) is 12.8. The lowest BCUT2D eigenvalue weighted by molar-refractivity contribution is 0.204. The fourth-order valence-corrected chi connectivity index (χ4v) is 3.72.